The highest BCUT2D eigenvalue weighted by Crippen LogP contribution is 2.22. The molecule has 0 aliphatic carbocycles. The van der Waals surface area contributed by atoms with Crippen LogP contribution in [0.5, 0.6) is 5.75 Å². The van der Waals surface area contributed by atoms with Gasteiger partial charge in [-0.1, -0.05) is 62.0 Å². The summed E-state index contributed by atoms with van der Waals surface area (Å²) in [6, 6.07) is 16.0. The summed E-state index contributed by atoms with van der Waals surface area (Å²) < 4.78 is 7.20. The van der Waals surface area contributed by atoms with Crippen molar-refractivity contribution < 1.29 is 9.53 Å². The van der Waals surface area contributed by atoms with Crippen LogP contribution in [0.2, 0.25) is 0 Å². The van der Waals surface area contributed by atoms with Gasteiger partial charge in [-0.05, 0) is 55.0 Å². The number of thioether (sulfide) groups is 1. The molecule has 32 heavy (non-hydrogen) atoms. The molecule has 7 nitrogen and oxygen atoms in total. The fourth-order valence-electron chi connectivity index (χ4n) is 3.47. The topological polar surface area (TPSA) is 95.1 Å². The average molecular weight is 454 g/mol. The Hall–Kier alpha value is -3.00. The van der Waals surface area contributed by atoms with Gasteiger partial charge in [0, 0.05) is 0 Å². The number of nitrogens with two attached hydrogens (primary N) is 1. The minimum absolute atomic E-state index is 0.0261. The van der Waals surface area contributed by atoms with Crippen molar-refractivity contribution >= 4 is 17.7 Å². The first-order chi connectivity index (χ1) is 15.3. The number of carbonyl (C=O) groups excluding carboxylic acids is 1. The zero-order valence-corrected chi connectivity index (χ0v) is 19.9. The third-order valence-electron chi connectivity index (χ3n) is 4.87. The smallest absolute Gasteiger partial charge is 0.230 e. The second-order valence-corrected chi connectivity index (χ2v) is 9.27. The van der Waals surface area contributed by atoms with Crippen molar-refractivity contribution in [1.29, 1.82) is 0 Å². The number of nitrogens with one attached hydrogen (secondary N) is 1. The van der Waals surface area contributed by atoms with Gasteiger partial charge in [-0.3, -0.25) is 4.79 Å². The van der Waals surface area contributed by atoms with Gasteiger partial charge in [0.15, 0.2) is 5.82 Å². The SMILES string of the molecule is Cc1cc(C)cc(OCc2nnc(SCC(=O)NC(CC(C)C)c3ccccc3)n2N)c1. The molecule has 0 spiro atoms. The van der Waals surface area contributed by atoms with Crippen LogP contribution in [0, 0.1) is 19.8 Å². The molecule has 1 aromatic heterocycles. The molecular weight excluding hydrogens is 422 g/mol. The van der Waals surface area contributed by atoms with Gasteiger partial charge < -0.3 is 15.9 Å². The van der Waals surface area contributed by atoms with E-state index < -0.39 is 0 Å². The first kappa shape index (κ1) is 23.7. The summed E-state index contributed by atoms with van der Waals surface area (Å²) in [7, 11) is 0. The van der Waals surface area contributed by atoms with Crippen molar-refractivity contribution in [1.82, 2.24) is 20.2 Å². The minimum Gasteiger partial charge on any atom is -0.486 e. The van der Waals surface area contributed by atoms with E-state index in [1.807, 2.05) is 56.3 Å². The number of hydrogen-bond donors (Lipinski definition) is 2. The number of ether oxygens (including phenoxy) is 1. The quantitative estimate of drug-likeness (QED) is 0.353. The van der Waals surface area contributed by atoms with E-state index in [0.717, 1.165) is 28.9 Å². The Morgan fingerprint density at radius 1 is 1.12 bits per heavy atom. The van der Waals surface area contributed by atoms with E-state index in [1.54, 1.807) is 0 Å². The maximum absolute atomic E-state index is 12.6. The van der Waals surface area contributed by atoms with Gasteiger partial charge in [-0.25, -0.2) is 4.68 Å². The first-order valence-electron chi connectivity index (χ1n) is 10.7. The van der Waals surface area contributed by atoms with E-state index >= 15 is 0 Å². The van der Waals surface area contributed by atoms with Gasteiger partial charge >= 0.3 is 0 Å². The highest BCUT2D eigenvalue weighted by molar-refractivity contribution is 7.99. The lowest BCUT2D eigenvalue weighted by atomic mass is 9.97. The molecule has 2 aromatic carbocycles. The number of rotatable bonds is 10. The summed E-state index contributed by atoms with van der Waals surface area (Å²) >= 11 is 1.26. The number of hydrogen-bond acceptors (Lipinski definition) is 6. The van der Waals surface area contributed by atoms with Crippen molar-refractivity contribution in [3.63, 3.8) is 0 Å². The van der Waals surface area contributed by atoms with Crippen LogP contribution in [0.15, 0.2) is 53.7 Å². The molecule has 0 bridgehead atoms. The van der Waals surface area contributed by atoms with Crippen LogP contribution >= 0.6 is 11.8 Å². The predicted octanol–water partition coefficient (Wildman–Crippen LogP) is 4.18. The van der Waals surface area contributed by atoms with Gasteiger partial charge in [0.1, 0.15) is 12.4 Å². The second-order valence-electron chi connectivity index (χ2n) is 8.33. The third kappa shape index (κ3) is 6.75. The number of aromatic nitrogens is 3. The van der Waals surface area contributed by atoms with Crippen molar-refractivity contribution in [2.24, 2.45) is 5.92 Å². The summed E-state index contributed by atoms with van der Waals surface area (Å²) in [5, 5.41) is 11.8. The second kappa shape index (κ2) is 11.0. The lowest BCUT2D eigenvalue weighted by Crippen LogP contribution is -2.31. The van der Waals surface area contributed by atoms with Crippen molar-refractivity contribution in [3.05, 3.63) is 71.0 Å². The van der Waals surface area contributed by atoms with E-state index in [1.165, 1.54) is 16.4 Å². The van der Waals surface area contributed by atoms with Gasteiger partial charge in [-0.15, -0.1) is 10.2 Å². The van der Waals surface area contributed by atoms with Crippen LogP contribution in [-0.2, 0) is 11.4 Å². The monoisotopic (exact) mass is 453 g/mol. The maximum Gasteiger partial charge on any atom is 0.230 e. The lowest BCUT2D eigenvalue weighted by Gasteiger charge is -2.21. The molecule has 0 fully saturated rings. The van der Waals surface area contributed by atoms with Crippen LogP contribution in [0.1, 0.15) is 48.8 Å². The molecule has 1 heterocycles. The molecule has 1 atom stereocenters. The van der Waals surface area contributed by atoms with Crippen LogP contribution < -0.4 is 15.9 Å². The van der Waals surface area contributed by atoms with Crippen LogP contribution in [0.3, 0.4) is 0 Å². The van der Waals surface area contributed by atoms with Crippen molar-refractivity contribution in [2.75, 3.05) is 11.6 Å². The zero-order chi connectivity index (χ0) is 23.1. The number of nitrogen functional groups attached to an aromatic ring is 1. The molecule has 3 aromatic rings. The molecule has 3 N–H and O–H groups in total. The lowest BCUT2D eigenvalue weighted by molar-refractivity contribution is -0.119. The minimum atomic E-state index is -0.0689. The molecule has 0 saturated carbocycles. The van der Waals surface area contributed by atoms with E-state index in [-0.39, 0.29) is 24.3 Å². The number of nitrogens with zero attached hydrogens (tertiary/aromatic N) is 3. The zero-order valence-electron chi connectivity index (χ0n) is 19.0. The van der Waals surface area contributed by atoms with Crippen LogP contribution in [-0.4, -0.2) is 26.5 Å². The molecule has 1 unspecified atom stereocenters. The van der Waals surface area contributed by atoms with Crippen molar-refractivity contribution in [2.45, 2.75) is 51.9 Å². The summed E-state index contributed by atoms with van der Waals surface area (Å²) in [5.74, 6) is 7.98. The highest BCUT2D eigenvalue weighted by atomic mass is 32.2. The predicted molar refractivity (Wildman–Crippen MR) is 128 cm³/mol. The molecule has 0 aliphatic heterocycles. The third-order valence-corrected chi connectivity index (χ3v) is 5.82. The molecule has 0 radical (unpaired) electrons. The maximum atomic E-state index is 12.6. The number of aryl methyl sites for hydroxylation is 2. The highest BCUT2D eigenvalue weighted by Gasteiger charge is 2.18. The fraction of sp³-hybridized carbons (Fsp3) is 0.375. The Labute approximate surface area is 193 Å². The molecule has 170 valence electrons. The molecule has 1 amide bonds. The van der Waals surface area contributed by atoms with Gasteiger partial charge in [-0.2, -0.15) is 0 Å². The summed E-state index contributed by atoms with van der Waals surface area (Å²) in [4.78, 5) is 12.6. The van der Waals surface area contributed by atoms with E-state index in [0.29, 0.717) is 16.9 Å². The average Bonchev–Trinajstić information content (AvgIpc) is 3.09. The first-order valence-corrected chi connectivity index (χ1v) is 11.7. The van der Waals surface area contributed by atoms with Gasteiger partial charge in [0.2, 0.25) is 11.1 Å². The van der Waals surface area contributed by atoms with Crippen LogP contribution in [0.25, 0.3) is 0 Å². The molecule has 3 rings (SSSR count). The van der Waals surface area contributed by atoms with Gasteiger partial charge in [0.05, 0.1) is 11.8 Å². The molecular formula is C24H31N5O2S. The van der Waals surface area contributed by atoms with E-state index in [4.69, 9.17) is 10.6 Å². The fourth-order valence-corrected chi connectivity index (χ4v) is 4.16. The Kier molecular flexibility index (Phi) is 8.16. The number of benzene rings is 2. The largest absolute Gasteiger partial charge is 0.486 e. The number of amides is 1. The summed E-state index contributed by atoms with van der Waals surface area (Å²) in [5.41, 5.74) is 3.36. The Balaban J connectivity index is 1.56. The molecule has 0 saturated heterocycles. The standard InChI is InChI=1S/C24H31N5O2S/c1-16(2)10-21(19-8-6-5-7-9-19)26-23(30)15-32-24-28-27-22(29(24)25)14-31-20-12-17(3)11-18(4)13-20/h5-9,11-13,16,21H,10,14-15,25H2,1-4H3,(H,26,30). The van der Waals surface area contributed by atoms with E-state index in [2.05, 4.69) is 35.4 Å². The Bertz CT molecular complexity index is 1020. The summed E-state index contributed by atoms with van der Waals surface area (Å²) in [6.45, 7) is 8.54. The van der Waals surface area contributed by atoms with Crippen molar-refractivity contribution in [3.8, 4) is 5.75 Å². The van der Waals surface area contributed by atoms with Crippen LogP contribution in [0.4, 0.5) is 0 Å². The van der Waals surface area contributed by atoms with Gasteiger partial charge in [0.25, 0.3) is 0 Å². The molecule has 0 aliphatic rings. The summed E-state index contributed by atoms with van der Waals surface area (Å²) in [6.07, 6.45) is 0.868. The Morgan fingerprint density at radius 3 is 2.47 bits per heavy atom. The normalized spacial score (nSPS) is 12.0. The van der Waals surface area contributed by atoms with E-state index in [9.17, 15) is 4.79 Å². The Morgan fingerprint density at radius 2 is 1.81 bits per heavy atom. The number of carbonyl (C=O) groups is 1. The molecule has 8 heteroatoms.